The Morgan fingerprint density at radius 2 is 2.23 bits per heavy atom. The smallest absolute Gasteiger partial charge is 0.265 e. The Morgan fingerprint density at radius 3 is 2.69 bits per heavy atom. The summed E-state index contributed by atoms with van der Waals surface area (Å²) in [4.78, 5) is 0. The van der Waals surface area contributed by atoms with Crippen LogP contribution in [0, 0.1) is 5.92 Å². The monoisotopic (exact) mass is 220 g/mol. The van der Waals surface area contributed by atoms with Crippen molar-refractivity contribution >= 4 is 21.5 Å². The van der Waals surface area contributed by atoms with Gasteiger partial charge in [-0.05, 0) is 17.4 Å². The molecule has 1 heterocycles. The molecular weight excluding hydrogens is 208 g/mol. The fourth-order valence-electron chi connectivity index (χ4n) is 0.689. The van der Waals surface area contributed by atoms with E-state index in [1.54, 1.807) is 17.5 Å². The van der Waals surface area contributed by atoms with E-state index in [1.165, 1.54) is 11.3 Å². The van der Waals surface area contributed by atoms with Crippen molar-refractivity contribution in [3.8, 4) is 0 Å². The predicted octanol–water partition coefficient (Wildman–Crippen LogP) is 2.11. The van der Waals surface area contributed by atoms with Gasteiger partial charge in [-0.15, -0.1) is 11.3 Å². The molecule has 1 rings (SSSR count). The summed E-state index contributed by atoms with van der Waals surface area (Å²) < 4.78 is 27.9. The maximum absolute atomic E-state index is 11.4. The minimum atomic E-state index is -3.49. The molecule has 0 unspecified atom stereocenters. The molecule has 13 heavy (non-hydrogen) atoms. The molecule has 0 aromatic carbocycles. The van der Waals surface area contributed by atoms with Crippen LogP contribution in [0.25, 0.3) is 0 Å². The zero-order chi connectivity index (χ0) is 9.90. The van der Waals surface area contributed by atoms with Crippen LogP contribution in [-0.4, -0.2) is 15.0 Å². The van der Waals surface area contributed by atoms with Crippen molar-refractivity contribution in [3.05, 3.63) is 17.5 Å². The van der Waals surface area contributed by atoms with Crippen molar-refractivity contribution in [2.45, 2.75) is 18.1 Å². The van der Waals surface area contributed by atoms with Crippen LogP contribution in [0.15, 0.2) is 21.7 Å². The van der Waals surface area contributed by atoms with Gasteiger partial charge in [0, 0.05) is 0 Å². The molecule has 0 fully saturated rings. The molecule has 3 nitrogen and oxygen atoms in total. The molecule has 1 aromatic rings. The zero-order valence-corrected chi connectivity index (χ0v) is 9.19. The van der Waals surface area contributed by atoms with Gasteiger partial charge in [-0.3, -0.25) is 4.18 Å². The second-order valence-corrected chi connectivity index (χ2v) is 5.85. The van der Waals surface area contributed by atoms with Crippen LogP contribution >= 0.6 is 11.3 Å². The van der Waals surface area contributed by atoms with Gasteiger partial charge in [0.25, 0.3) is 0 Å². The number of hydrogen-bond donors (Lipinski definition) is 0. The molecule has 0 bridgehead atoms. The Kier molecular flexibility index (Phi) is 3.47. The van der Waals surface area contributed by atoms with Gasteiger partial charge in [-0.1, -0.05) is 19.9 Å². The van der Waals surface area contributed by atoms with Gasteiger partial charge < -0.3 is 0 Å². The number of thiophene rings is 1. The van der Waals surface area contributed by atoms with Gasteiger partial charge in [0.1, 0.15) is 4.21 Å². The van der Waals surface area contributed by atoms with Gasteiger partial charge >= 0.3 is 10.1 Å². The Morgan fingerprint density at radius 1 is 1.54 bits per heavy atom. The highest BCUT2D eigenvalue weighted by Crippen LogP contribution is 2.18. The van der Waals surface area contributed by atoms with Crippen LogP contribution in [0.4, 0.5) is 0 Å². The van der Waals surface area contributed by atoms with Gasteiger partial charge in [-0.2, -0.15) is 8.42 Å². The zero-order valence-electron chi connectivity index (χ0n) is 7.56. The second-order valence-electron chi connectivity index (χ2n) is 3.06. The van der Waals surface area contributed by atoms with Gasteiger partial charge in [0.15, 0.2) is 0 Å². The molecule has 0 saturated carbocycles. The van der Waals surface area contributed by atoms with Crippen molar-refractivity contribution < 1.29 is 12.6 Å². The van der Waals surface area contributed by atoms with E-state index in [4.69, 9.17) is 4.18 Å². The average Bonchev–Trinajstić information content (AvgIpc) is 2.53. The van der Waals surface area contributed by atoms with Crippen LogP contribution in [-0.2, 0) is 14.3 Å². The lowest BCUT2D eigenvalue weighted by molar-refractivity contribution is 0.276. The second kappa shape index (κ2) is 4.21. The summed E-state index contributed by atoms with van der Waals surface area (Å²) in [5, 5.41) is 1.71. The molecule has 0 aliphatic heterocycles. The average molecular weight is 220 g/mol. The van der Waals surface area contributed by atoms with E-state index in [9.17, 15) is 8.42 Å². The molecule has 0 aliphatic rings. The van der Waals surface area contributed by atoms with Crippen molar-refractivity contribution in [1.82, 2.24) is 0 Å². The van der Waals surface area contributed by atoms with Gasteiger partial charge in [0.2, 0.25) is 0 Å². The third-order valence-electron chi connectivity index (χ3n) is 1.30. The topological polar surface area (TPSA) is 43.4 Å². The van der Waals surface area contributed by atoms with E-state index >= 15 is 0 Å². The first-order chi connectivity index (χ1) is 6.02. The first-order valence-corrected chi connectivity index (χ1v) is 6.24. The van der Waals surface area contributed by atoms with Crippen molar-refractivity contribution in [3.63, 3.8) is 0 Å². The molecule has 0 amide bonds. The van der Waals surface area contributed by atoms with E-state index < -0.39 is 10.1 Å². The number of rotatable bonds is 4. The van der Waals surface area contributed by atoms with Gasteiger partial charge in [-0.25, -0.2) is 0 Å². The Balaban J connectivity index is 2.68. The largest absolute Gasteiger partial charge is 0.306 e. The fraction of sp³-hybridized carbons (Fsp3) is 0.500. The molecule has 1 aromatic heterocycles. The van der Waals surface area contributed by atoms with Crippen LogP contribution in [0.5, 0.6) is 0 Å². The van der Waals surface area contributed by atoms with Crippen LogP contribution in [0.1, 0.15) is 13.8 Å². The van der Waals surface area contributed by atoms with Crippen LogP contribution in [0.3, 0.4) is 0 Å². The summed E-state index contributed by atoms with van der Waals surface area (Å²) in [6, 6.07) is 3.23. The Bertz CT molecular complexity index is 337. The highest BCUT2D eigenvalue weighted by molar-refractivity contribution is 7.89. The normalized spacial score (nSPS) is 12.2. The van der Waals surface area contributed by atoms with E-state index in [1.807, 2.05) is 13.8 Å². The molecule has 0 N–H and O–H groups in total. The molecule has 0 aliphatic carbocycles. The van der Waals surface area contributed by atoms with Crippen molar-refractivity contribution in [2.75, 3.05) is 6.61 Å². The van der Waals surface area contributed by atoms with Crippen LogP contribution < -0.4 is 0 Å². The third kappa shape index (κ3) is 3.10. The molecular formula is C8H12O3S2. The van der Waals surface area contributed by atoms with Crippen molar-refractivity contribution in [1.29, 1.82) is 0 Å². The number of hydrogen-bond acceptors (Lipinski definition) is 4. The molecule has 0 spiro atoms. The Hall–Kier alpha value is -0.390. The summed E-state index contributed by atoms with van der Waals surface area (Å²) in [6.07, 6.45) is 0. The summed E-state index contributed by atoms with van der Waals surface area (Å²) in [7, 11) is -3.49. The summed E-state index contributed by atoms with van der Waals surface area (Å²) in [6.45, 7) is 4.05. The minimum Gasteiger partial charge on any atom is -0.265 e. The minimum absolute atomic E-state index is 0.217. The maximum Gasteiger partial charge on any atom is 0.306 e. The van der Waals surface area contributed by atoms with Crippen molar-refractivity contribution in [2.24, 2.45) is 5.92 Å². The van der Waals surface area contributed by atoms with E-state index in [-0.39, 0.29) is 16.7 Å². The Labute approximate surface area is 82.5 Å². The quantitative estimate of drug-likeness (QED) is 0.730. The molecule has 74 valence electrons. The first kappa shape index (κ1) is 10.7. The lowest BCUT2D eigenvalue weighted by atomic mass is 10.2. The summed E-state index contributed by atoms with van der Waals surface area (Å²) in [5.74, 6) is 0.217. The molecule has 0 saturated heterocycles. The summed E-state index contributed by atoms with van der Waals surface area (Å²) in [5.41, 5.74) is 0. The fourth-order valence-corrected chi connectivity index (χ4v) is 2.73. The highest BCUT2D eigenvalue weighted by Gasteiger charge is 2.16. The molecule has 0 radical (unpaired) electrons. The summed E-state index contributed by atoms with van der Waals surface area (Å²) >= 11 is 1.17. The maximum atomic E-state index is 11.4. The van der Waals surface area contributed by atoms with Gasteiger partial charge in [0.05, 0.1) is 6.61 Å². The predicted molar refractivity (Wildman–Crippen MR) is 52.3 cm³/mol. The lowest BCUT2D eigenvalue weighted by Crippen LogP contribution is -2.09. The highest BCUT2D eigenvalue weighted by atomic mass is 32.3. The first-order valence-electron chi connectivity index (χ1n) is 3.95. The van der Waals surface area contributed by atoms with E-state index in [0.29, 0.717) is 0 Å². The SMILES string of the molecule is CC(C)COS(=O)(=O)c1cccs1. The third-order valence-corrected chi connectivity index (χ3v) is 3.94. The van der Waals surface area contributed by atoms with Crippen LogP contribution in [0.2, 0.25) is 0 Å². The lowest BCUT2D eigenvalue weighted by Gasteiger charge is -2.05. The van der Waals surface area contributed by atoms with E-state index in [2.05, 4.69) is 0 Å². The molecule has 5 heteroatoms. The molecule has 0 atom stereocenters. The van der Waals surface area contributed by atoms with E-state index in [0.717, 1.165) is 0 Å². The standard InChI is InChI=1S/C8H12O3S2/c1-7(2)6-11-13(9,10)8-4-3-5-12-8/h3-5,7H,6H2,1-2H3.